The second kappa shape index (κ2) is 6.81. The topological polar surface area (TPSA) is 55.1 Å². The molecule has 0 atom stereocenters. The second-order valence-corrected chi connectivity index (χ2v) is 6.24. The zero-order chi connectivity index (χ0) is 19.0. The second-order valence-electron chi connectivity index (χ2n) is 5.83. The maximum atomic E-state index is 13.1. The van der Waals surface area contributed by atoms with E-state index in [1.807, 2.05) is 0 Å². The normalized spacial score (nSPS) is 10.9. The third-order valence-corrected chi connectivity index (χ3v) is 4.34. The number of nitrogens with one attached hydrogen (secondary N) is 1. The smallest absolute Gasteiger partial charge is 0.255 e. The van der Waals surface area contributed by atoms with Gasteiger partial charge in [0.05, 0.1) is 16.1 Å². The van der Waals surface area contributed by atoms with Crippen LogP contribution in [0.25, 0.3) is 22.2 Å². The Morgan fingerprint density at radius 3 is 2.44 bits per heavy atom. The summed E-state index contributed by atoms with van der Waals surface area (Å²) in [6.07, 6.45) is 0. The lowest BCUT2D eigenvalue weighted by Gasteiger charge is -2.07. The molecular formula is C20H11ClF2N2O2. The minimum absolute atomic E-state index is 0.0985. The highest BCUT2D eigenvalue weighted by molar-refractivity contribution is 6.34. The number of amides is 1. The number of aromatic nitrogens is 1. The molecule has 134 valence electrons. The average Bonchev–Trinajstić information content (AvgIpc) is 3.08. The van der Waals surface area contributed by atoms with E-state index in [2.05, 4.69) is 10.5 Å². The molecule has 1 aromatic heterocycles. The van der Waals surface area contributed by atoms with Gasteiger partial charge in [-0.1, -0.05) is 16.8 Å². The van der Waals surface area contributed by atoms with Crippen LogP contribution in [0.1, 0.15) is 10.4 Å². The van der Waals surface area contributed by atoms with E-state index in [0.717, 1.165) is 6.07 Å². The predicted molar refractivity (Wildman–Crippen MR) is 98.8 cm³/mol. The number of hydrogen-bond acceptors (Lipinski definition) is 3. The molecule has 0 bridgehead atoms. The summed E-state index contributed by atoms with van der Waals surface area (Å²) in [7, 11) is 0. The zero-order valence-corrected chi connectivity index (χ0v) is 14.4. The van der Waals surface area contributed by atoms with Crippen molar-refractivity contribution in [3.63, 3.8) is 0 Å². The molecule has 0 radical (unpaired) electrons. The summed E-state index contributed by atoms with van der Waals surface area (Å²) in [4.78, 5) is 12.5. The van der Waals surface area contributed by atoms with Crippen LogP contribution in [0.3, 0.4) is 0 Å². The molecule has 0 aliphatic carbocycles. The van der Waals surface area contributed by atoms with Crippen LogP contribution in [0.15, 0.2) is 65.2 Å². The van der Waals surface area contributed by atoms with E-state index in [1.54, 1.807) is 30.3 Å². The number of halogens is 3. The van der Waals surface area contributed by atoms with Crippen LogP contribution in [-0.4, -0.2) is 11.1 Å². The number of rotatable bonds is 3. The Bertz CT molecular complexity index is 1160. The molecule has 4 aromatic rings. The Labute approximate surface area is 157 Å². The Hall–Kier alpha value is -3.25. The molecule has 1 amide bonds. The fraction of sp³-hybridized carbons (Fsp3) is 0. The standard InChI is InChI=1S/C20H11ClF2N2O2/c21-16-10-14(23)6-8-18(16)24-20(26)12-3-7-17-15(9-12)19(27-25-17)11-1-4-13(22)5-2-11/h1-10H,(H,24,26). The van der Waals surface area contributed by atoms with Gasteiger partial charge in [0, 0.05) is 11.1 Å². The number of hydrogen-bond donors (Lipinski definition) is 1. The fourth-order valence-electron chi connectivity index (χ4n) is 2.68. The summed E-state index contributed by atoms with van der Waals surface area (Å²) in [5.41, 5.74) is 1.84. The molecular weight excluding hydrogens is 374 g/mol. The van der Waals surface area contributed by atoms with Crippen molar-refractivity contribution >= 4 is 34.1 Å². The number of carbonyl (C=O) groups excluding carboxylic acids is 1. The first-order valence-corrected chi connectivity index (χ1v) is 8.31. The summed E-state index contributed by atoms with van der Waals surface area (Å²) in [5.74, 6) is -0.845. The third-order valence-electron chi connectivity index (χ3n) is 4.02. The van der Waals surface area contributed by atoms with Crippen LogP contribution in [0.5, 0.6) is 0 Å². The van der Waals surface area contributed by atoms with E-state index < -0.39 is 11.7 Å². The molecule has 0 aliphatic heterocycles. The summed E-state index contributed by atoms with van der Waals surface area (Å²) in [5, 5.41) is 7.31. The number of nitrogens with zero attached hydrogens (tertiary/aromatic N) is 1. The summed E-state index contributed by atoms with van der Waals surface area (Å²) < 4.78 is 31.6. The van der Waals surface area contributed by atoms with Gasteiger partial charge < -0.3 is 9.84 Å². The van der Waals surface area contributed by atoms with Crippen molar-refractivity contribution in [3.05, 3.63) is 82.9 Å². The molecule has 0 fully saturated rings. The quantitative estimate of drug-likeness (QED) is 0.494. The average molecular weight is 385 g/mol. The molecule has 1 N–H and O–H groups in total. The van der Waals surface area contributed by atoms with Gasteiger partial charge >= 0.3 is 0 Å². The van der Waals surface area contributed by atoms with Crippen molar-refractivity contribution in [2.45, 2.75) is 0 Å². The van der Waals surface area contributed by atoms with Crippen molar-refractivity contribution in [3.8, 4) is 11.3 Å². The van der Waals surface area contributed by atoms with E-state index in [0.29, 0.717) is 33.5 Å². The van der Waals surface area contributed by atoms with Gasteiger partial charge in [0.25, 0.3) is 5.91 Å². The number of anilines is 1. The van der Waals surface area contributed by atoms with Crippen LogP contribution in [0.4, 0.5) is 14.5 Å². The van der Waals surface area contributed by atoms with Gasteiger partial charge in [0.2, 0.25) is 0 Å². The molecule has 7 heteroatoms. The van der Waals surface area contributed by atoms with Crippen molar-refractivity contribution in [2.75, 3.05) is 5.32 Å². The minimum atomic E-state index is -0.493. The number of fused-ring (bicyclic) bond motifs is 1. The van der Waals surface area contributed by atoms with Crippen molar-refractivity contribution in [2.24, 2.45) is 0 Å². The lowest BCUT2D eigenvalue weighted by molar-refractivity contribution is 0.102. The molecule has 0 saturated heterocycles. The number of carbonyl (C=O) groups is 1. The van der Waals surface area contributed by atoms with E-state index >= 15 is 0 Å². The molecule has 0 spiro atoms. The third kappa shape index (κ3) is 3.39. The highest BCUT2D eigenvalue weighted by Gasteiger charge is 2.15. The van der Waals surface area contributed by atoms with Gasteiger partial charge in [-0.05, 0) is 60.7 Å². The zero-order valence-electron chi connectivity index (χ0n) is 13.7. The van der Waals surface area contributed by atoms with E-state index in [9.17, 15) is 13.6 Å². The molecule has 1 heterocycles. The molecule has 0 unspecified atom stereocenters. The Balaban J connectivity index is 1.69. The van der Waals surface area contributed by atoms with Gasteiger partial charge in [0.15, 0.2) is 5.76 Å². The Morgan fingerprint density at radius 2 is 1.70 bits per heavy atom. The molecule has 3 aromatic carbocycles. The number of benzene rings is 3. The summed E-state index contributed by atoms with van der Waals surface area (Å²) >= 11 is 5.95. The monoisotopic (exact) mass is 384 g/mol. The molecule has 27 heavy (non-hydrogen) atoms. The van der Waals surface area contributed by atoms with Gasteiger partial charge in [-0.25, -0.2) is 8.78 Å². The largest absolute Gasteiger partial charge is 0.355 e. The maximum absolute atomic E-state index is 13.1. The van der Waals surface area contributed by atoms with Crippen molar-refractivity contribution < 1.29 is 18.1 Å². The maximum Gasteiger partial charge on any atom is 0.255 e. The van der Waals surface area contributed by atoms with Gasteiger partial charge in [-0.2, -0.15) is 0 Å². The minimum Gasteiger partial charge on any atom is -0.355 e. The molecule has 0 saturated carbocycles. The van der Waals surface area contributed by atoms with Gasteiger partial charge in [-0.3, -0.25) is 4.79 Å². The Morgan fingerprint density at radius 1 is 0.963 bits per heavy atom. The fourth-order valence-corrected chi connectivity index (χ4v) is 2.89. The molecule has 4 rings (SSSR count). The Kier molecular flexibility index (Phi) is 4.33. The predicted octanol–water partition coefficient (Wildman–Crippen LogP) is 5.68. The summed E-state index contributed by atoms with van der Waals surface area (Å²) in [6, 6.07) is 14.3. The van der Waals surface area contributed by atoms with Gasteiger partial charge in [-0.15, -0.1) is 0 Å². The van der Waals surface area contributed by atoms with E-state index in [1.165, 1.54) is 24.3 Å². The summed E-state index contributed by atoms with van der Waals surface area (Å²) in [6.45, 7) is 0. The lowest BCUT2D eigenvalue weighted by atomic mass is 10.1. The molecule has 0 aliphatic rings. The molecule has 4 nitrogen and oxygen atoms in total. The SMILES string of the molecule is O=C(Nc1ccc(F)cc1Cl)c1ccc2noc(-c3ccc(F)cc3)c2c1. The van der Waals surface area contributed by atoms with E-state index in [-0.39, 0.29) is 10.8 Å². The van der Waals surface area contributed by atoms with Crippen LogP contribution in [0, 0.1) is 11.6 Å². The van der Waals surface area contributed by atoms with Crippen LogP contribution >= 0.6 is 11.6 Å². The van der Waals surface area contributed by atoms with Crippen molar-refractivity contribution in [1.29, 1.82) is 0 Å². The first kappa shape index (κ1) is 17.2. The highest BCUT2D eigenvalue weighted by atomic mass is 35.5. The highest BCUT2D eigenvalue weighted by Crippen LogP contribution is 2.30. The first-order chi connectivity index (χ1) is 13.0. The van der Waals surface area contributed by atoms with Crippen molar-refractivity contribution in [1.82, 2.24) is 5.16 Å². The van der Waals surface area contributed by atoms with Gasteiger partial charge in [0.1, 0.15) is 17.2 Å². The van der Waals surface area contributed by atoms with Crippen LogP contribution < -0.4 is 5.32 Å². The lowest BCUT2D eigenvalue weighted by Crippen LogP contribution is -2.12. The first-order valence-electron chi connectivity index (χ1n) is 7.93. The van der Waals surface area contributed by atoms with E-state index in [4.69, 9.17) is 16.1 Å². The van der Waals surface area contributed by atoms with Crippen LogP contribution in [0.2, 0.25) is 5.02 Å². The van der Waals surface area contributed by atoms with Crippen LogP contribution in [-0.2, 0) is 0 Å².